The summed E-state index contributed by atoms with van der Waals surface area (Å²) >= 11 is 0. The lowest BCUT2D eigenvalue weighted by Crippen LogP contribution is -2.08. The van der Waals surface area contributed by atoms with Crippen molar-refractivity contribution in [3.05, 3.63) is 99.4 Å². The van der Waals surface area contributed by atoms with E-state index in [0.29, 0.717) is 17.8 Å². The zero-order valence-electron chi connectivity index (χ0n) is 18.5. The third-order valence-corrected chi connectivity index (χ3v) is 5.54. The van der Waals surface area contributed by atoms with Gasteiger partial charge in [-0.15, -0.1) is 0 Å². The number of nitro groups is 1. The molecule has 0 bridgehead atoms. The van der Waals surface area contributed by atoms with Gasteiger partial charge in [-0.1, -0.05) is 18.2 Å². The van der Waals surface area contributed by atoms with E-state index < -0.39 is 4.92 Å². The molecule has 0 aliphatic rings. The number of anilines is 1. The number of benzene rings is 2. The zero-order chi connectivity index (χ0) is 23.5. The third-order valence-electron chi connectivity index (χ3n) is 5.54. The molecular formula is C25H23N3O5. The first-order chi connectivity index (χ1) is 15.9. The van der Waals surface area contributed by atoms with E-state index in [1.54, 1.807) is 7.11 Å². The van der Waals surface area contributed by atoms with Gasteiger partial charge in [0.1, 0.15) is 5.75 Å². The number of carbonyl (C=O) groups excluding carboxylic acids is 1. The number of aromatic nitrogens is 1. The van der Waals surface area contributed by atoms with Crippen molar-refractivity contribution in [3.8, 4) is 11.5 Å². The number of pyridine rings is 1. The Bertz CT molecular complexity index is 1360. The van der Waals surface area contributed by atoms with E-state index in [-0.39, 0.29) is 17.2 Å². The van der Waals surface area contributed by atoms with E-state index >= 15 is 0 Å². The number of nitro benzene ring substituents is 1. The summed E-state index contributed by atoms with van der Waals surface area (Å²) in [7, 11) is 2.97. The average molecular weight is 445 g/mol. The fourth-order valence-corrected chi connectivity index (χ4v) is 3.92. The predicted molar refractivity (Wildman–Crippen MR) is 126 cm³/mol. The minimum absolute atomic E-state index is 0.0424. The highest BCUT2D eigenvalue weighted by Gasteiger charge is 2.24. The number of nitrogens with one attached hydrogen (secondary N) is 1. The molecule has 0 fully saturated rings. The summed E-state index contributed by atoms with van der Waals surface area (Å²) in [5, 5.41) is 14.7. The second-order valence-electron chi connectivity index (χ2n) is 7.48. The summed E-state index contributed by atoms with van der Waals surface area (Å²) in [4.78, 5) is 24.2. The van der Waals surface area contributed by atoms with Gasteiger partial charge in [-0.2, -0.15) is 0 Å². The number of methoxy groups -OCH3 is 2. The molecule has 2 heterocycles. The minimum Gasteiger partial charge on any atom is -0.497 e. The van der Waals surface area contributed by atoms with Crippen molar-refractivity contribution in [2.24, 2.45) is 0 Å². The first-order valence-corrected chi connectivity index (χ1v) is 10.3. The molecule has 0 amide bonds. The minimum atomic E-state index is -0.536. The Morgan fingerprint density at radius 3 is 2.61 bits per heavy atom. The van der Waals surface area contributed by atoms with Crippen molar-refractivity contribution < 1.29 is 19.2 Å². The van der Waals surface area contributed by atoms with Crippen LogP contribution in [-0.4, -0.2) is 29.3 Å². The number of ether oxygens (including phenoxy) is 2. The molecule has 0 unspecified atom stereocenters. The summed E-state index contributed by atoms with van der Waals surface area (Å²) in [6.45, 7) is 2.43. The number of fused-ring (bicyclic) bond motifs is 1. The highest BCUT2D eigenvalue weighted by molar-refractivity contribution is 6.11. The normalized spacial score (nSPS) is 10.8. The van der Waals surface area contributed by atoms with Gasteiger partial charge in [0.15, 0.2) is 5.75 Å². The number of ketones is 1. The molecule has 0 saturated carbocycles. The lowest BCUT2D eigenvalue weighted by molar-refractivity contribution is -0.385. The number of rotatable bonds is 8. The maximum Gasteiger partial charge on any atom is 0.310 e. The molecule has 4 aromatic rings. The monoisotopic (exact) mass is 445 g/mol. The standard InChI is InChI=1S/C25H23N3O5/c1-16-23(26-15-17-7-6-8-19(13-17)32-2)21-9-4-5-12-27(21)24(16)25(29)18-10-11-20(28(30)31)22(14-18)33-3/h4-14,26H,15H2,1-3H3. The van der Waals surface area contributed by atoms with Gasteiger partial charge in [0.2, 0.25) is 5.78 Å². The van der Waals surface area contributed by atoms with E-state index in [2.05, 4.69) is 5.32 Å². The van der Waals surface area contributed by atoms with Crippen LogP contribution in [0.3, 0.4) is 0 Å². The molecular weight excluding hydrogens is 422 g/mol. The quantitative estimate of drug-likeness (QED) is 0.233. The van der Waals surface area contributed by atoms with Gasteiger partial charge in [-0.3, -0.25) is 14.9 Å². The molecule has 33 heavy (non-hydrogen) atoms. The van der Waals surface area contributed by atoms with Crippen molar-refractivity contribution in [2.75, 3.05) is 19.5 Å². The average Bonchev–Trinajstić information content (AvgIpc) is 3.12. The van der Waals surface area contributed by atoms with Crippen molar-refractivity contribution in [1.29, 1.82) is 0 Å². The maximum atomic E-state index is 13.5. The third kappa shape index (κ3) is 4.10. The summed E-state index contributed by atoms with van der Waals surface area (Å²) in [6.07, 6.45) is 1.83. The maximum absolute atomic E-state index is 13.5. The fraction of sp³-hybridized carbons (Fsp3) is 0.160. The van der Waals surface area contributed by atoms with Crippen molar-refractivity contribution in [3.63, 3.8) is 0 Å². The van der Waals surface area contributed by atoms with Gasteiger partial charge in [0, 0.05) is 29.9 Å². The molecule has 0 aliphatic carbocycles. The second kappa shape index (κ2) is 9.04. The zero-order valence-corrected chi connectivity index (χ0v) is 18.5. The van der Waals surface area contributed by atoms with E-state index in [0.717, 1.165) is 28.1 Å². The Morgan fingerprint density at radius 1 is 1.06 bits per heavy atom. The molecule has 0 spiro atoms. The largest absolute Gasteiger partial charge is 0.497 e. The predicted octanol–water partition coefficient (Wildman–Crippen LogP) is 5.02. The first kappa shape index (κ1) is 21.9. The van der Waals surface area contributed by atoms with Crippen LogP contribution in [0.2, 0.25) is 0 Å². The van der Waals surface area contributed by atoms with Crippen LogP contribution in [0.1, 0.15) is 27.2 Å². The Balaban J connectivity index is 1.74. The van der Waals surface area contributed by atoms with Gasteiger partial charge >= 0.3 is 5.69 Å². The summed E-state index contributed by atoms with van der Waals surface area (Å²) in [5.41, 5.74) is 4.12. The number of nitrogens with zero attached hydrogens (tertiary/aromatic N) is 2. The molecule has 2 aromatic heterocycles. The first-order valence-electron chi connectivity index (χ1n) is 10.3. The van der Waals surface area contributed by atoms with E-state index in [1.165, 1.54) is 25.3 Å². The van der Waals surface area contributed by atoms with Crippen LogP contribution in [0, 0.1) is 17.0 Å². The van der Waals surface area contributed by atoms with Gasteiger partial charge in [0.25, 0.3) is 0 Å². The Hall–Kier alpha value is -4.33. The van der Waals surface area contributed by atoms with Crippen LogP contribution in [0.5, 0.6) is 11.5 Å². The van der Waals surface area contributed by atoms with E-state index in [4.69, 9.17) is 9.47 Å². The van der Waals surface area contributed by atoms with Crippen LogP contribution in [0.25, 0.3) is 5.52 Å². The van der Waals surface area contributed by atoms with Crippen LogP contribution in [0.4, 0.5) is 11.4 Å². The molecule has 8 nitrogen and oxygen atoms in total. The topological polar surface area (TPSA) is 95.1 Å². The fourth-order valence-electron chi connectivity index (χ4n) is 3.92. The summed E-state index contributed by atoms with van der Waals surface area (Å²) in [6, 6.07) is 17.6. The lowest BCUT2D eigenvalue weighted by Gasteiger charge is -2.09. The van der Waals surface area contributed by atoms with Crippen LogP contribution in [-0.2, 0) is 6.54 Å². The Morgan fingerprint density at radius 2 is 1.88 bits per heavy atom. The molecule has 2 aromatic carbocycles. The van der Waals surface area contributed by atoms with Crippen molar-refractivity contribution in [2.45, 2.75) is 13.5 Å². The summed E-state index contributed by atoms with van der Waals surface area (Å²) in [5.74, 6) is 0.563. The Kier molecular flexibility index (Phi) is 5.99. The van der Waals surface area contributed by atoms with Gasteiger partial charge in [0.05, 0.1) is 36.0 Å². The van der Waals surface area contributed by atoms with Crippen molar-refractivity contribution in [1.82, 2.24) is 4.40 Å². The van der Waals surface area contributed by atoms with E-state index in [1.807, 2.05) is 60.0 Å². The van der Waals surface area contributed by atoms with Crippen LogP contribution < -0.4 is 14.8 Å². The van der Waals surface area contributed by atoms with Gasteiger partial charge < -0.3 is 19.2 Å². The number of hydrogen-bond donors (Lipinski definition) is 1. The van der Waals surface area contributed by atoms with Crippen LogP contribution >= 0.6 is 0 Å². The van der Waals surface area contributed by atoms with E-state index in [9.17, 15) is 14.9 Å². The molecule has 4 rings (SSSR count). The van der Waals surface area contributed by atoms with Gasteiger partial charge in [-0.25, -0.2) is 0 Å². The number of carbonyl (C=O) groups is 1. The highest BCUT2D eigenvalue weighted by Crippen LogP contribution is 2.33. The Labute approximate surface area is 190 Å². The molecule has 0 aliphatic heterocycles. The molecule has 8 heteroatoms. The molecule has 0 saturated heterocycles. The molecule has 168 valence electrons. The van der Waals surface area contributed by atoms with Crippen LogP contribution in [0.15, 0.2) is 66.9 Å². The second-order valence-corrected chi connectivity index (χ2v) is 7.48. The lowest BCUT2D eigenvalue weighted by atomic mass is 10.0. The summed E-state index contributed by atoms with van der Waals surface area (Å²) < 4.78 is 12.3. The molecule has 1 N–H and O–H groups in total. The SMILES string of the molecule is COc1cccc(CNc2c(C)c(C(=O)c3ccc([N+](=O)[O-])c(OC)c3)n3ccccc23)c1. The smallest absolute Gasteiger partial charge is 0.310 e. The number of hydrogen-bond acceptors (Lipinski definition) is 6. The van der Waals surface area contributed by atoms with Gasteiger partial charge in [-0.05, 0) is 48.9 Å². The molecule has 0 atom stereocenters. The van der Waals surface area contributed by atoms with Crippen molar-refractivity contribution >= 4 is 22.7 Å². The molecule has 0 radical (unpaired) electrons. The highest BCUT2D eigenvalue weighted by atomic mass is 16.6.